The second-order valence-electron chi connectivity index (χ2n) is 6.47. The van der Waals surface area contributed by atoms with Crippen molar-refractivity contribution >= 4 is 24.8 Å². The van der Waals surface area contributed by atoms with Crippen LogP contribution in [-0.2, 0) is 6.54 Å². The number of oxazole rings is 1. The summed E-state index contributed by atoms with van der Waals surface area (Å²) in [4.78, 5) is 6.54. The van der Waals surface area contributed by atoms with E-state index in [2.05, 4.69) is 22.0 Å². The van der Waals surface area contributed by atoms with Gasteiger partial charge in [0.25, 0.3) is 0 Å². The molecule has 1 fully saturated rings. The van der Waals surface area contributed by atoms with Crippen LogP contribution < -0.4 is 5.73 Å². The number of rotatable bonds is 4. The highest BCUT2D eigenvalue weighted by Crippen LogP contribution is 2.28. The molecule has 4 rings (SSSR count). The number of nitrogens with zero attached hydrogens (tertiary/aromatic N) is 2. The molecular formula is C20H22Cl2FN3O. The molecule has 4 nitrogen and oxygen atoms in total. The maximum Gasteiger partial charge on any atom is 0.209 e. The molecular weight excluding hydrogens is 388 g/mol. The molecule has 1 aromatic heterocycles. The molecule has 1 aliphatic heterocycles. The van der Waals surface area contributed by atoms with E-state index in [9.17, 15) is 4.39 Å². The maximum absolute atomic E-state index is 13.9. The van der Waals surface area contributed by atoms with E-state index < -0.39 is 0 Å². The van der Waals surface area contributed by atoms with Gasteiger partial charge in [-0.25, -0.2) is 9.37 Å². The molecule has 3 aromatic rings. The molecule has 0 aliphatic carbocycles. The highest BCUT2D eigenvalue weighted by atomic mass is 35.5. The molecule has 2 atom stereocenters. The highest BCUT2D eigenvalue weighted by molar-refractivity contribution is 5.85. The average molecular weight is 410 g/mol. The van der Waals surface area contributed by atoms with Gasteiger partial charge in [0.1, 0.15) is 5.82 Å². The summed E-state index contributed by atoms with van der Waals surface area (Å²) in [6.07, 6.45) is 1.58. The predicted molar refractivity (Wildman–Crippen MR) is 109 cm³/mol. The minimum Gasteiger partial charge on any atom is -0.439 e. The second-order valence-corrected chi connectivity index (χ2v) is 6.47. The molecule has 0 saturated carbocycles. The largest absolute Gasteiger partial charge is 0.439 e. The van der Waals surface area contributed by atoms with Crippen LogP contribution in [0.5, 0.6) is 0 Å². The zero-order chi connectivity index (χ0) is 17.2. The van der Waals surface area contributed by atoms with Gasteiger partial charge >= 0.3 is 0 Å². The minimum atomic E-state index is -0.308. The van der Waals surface area contributed by atoms with Gasteiger partial charge in [0.15, 0.2) is 5.76 Å². The van der Waals surface area contributed by atoms with Gasteiger partial charge in [-0.05, 0) is 17.7 Å². The van der Waals surface area contributed by atoms with E-state index >= 15 is 0 Å². The summed E-state index contributed by atoms with van der Waals surface area (Å²) in [7, 11) is 0. The Morgan fingerprint density at radius 1 is 1.04 bits per heavy atom. The first-order chi connectivity index (χ1) is 12.2. The van der Waals surface area contributed by atoms with Crippen molar-refractivity contribution in [2.45, 2.75) is 18.5 Å². The molecule has 0 bridgehead atoms. The van der Waals surface area contributed by atoms with E-state index in [1.807, 2.05) is 18.2 Å². The number of aromatic nitrogens is 1. The summed E-state index contributed by atoms with van der Waals surface area (Å²) in [6.45, 7) is 2.23. The quantitative estimate of drug-likeness (QED) is 0.699. The Kier molecular flexibility index (Phi) is 7.39. The number of hydrogen-bond acceptors (Lipinski definition) is 4. The number of benzene rings is 2. The second kappa shape index (κ2) is 9.33. The van der Waals surface area contributed by atoms with Gasteiger partial charge in [-0.2, -0.15) is 0 Å². The Hall–Kier alpha value is -1.92. The fourth-order valence-corrected chi connectivity index (χ4v) is 3.46. The Morgan fingerprint density at radius 3 is 2.48 bits per heavy atom. The first-order valence-electron chi connectivity index (χ1n) is 8.43. The van der Waals surface area contributed by atoms with Crippen LogP contribution in [0.1, 0.15) is 17.4 Å². The minimum absolute atomic E-state index is 0. The van der Waals surface area contributed by atoms with Gasteiger partial charge < -0.3 is 10.2 Å². The van der Waals surface area contributed by atoms with E-state index in [0.717, 1.165) is 13.1 Å². The molecule has 2 heterocycles. The van der Waals surface area contributed by atoms with Crippen LogP contribution >= 0.6 is 24.8 Å². The van der Waals surface area contributed by atoms with Crippen molar-refractivity contribution in [2.24, 2.45) is 5.73 Å². The van der Waals surface area contributed by atoms with Gasteiger partial charge in [0.05, 0.1) is 18.3 Å². The van der Waals surface area contributed by atoms with Crippen LogP contribution in [0.3, 0.4) is 0 Å². The van der Waals surface area contributed by atoms with E-state index in [0.29, 0.717) is 29.7 Å². The smallest absolute Gasteiger partial charge is 0.209 e. The lowest BCUT2D eigenvalue weighted by Gasteiger charge is -2.14. The summed E-state index contributed by atoms with van der Waals surface area (Å²) in [5.41, 5.74) is 8.02. The molecule has 0 radical (unpaired) electrons. The third-order valence-electron chi connectivity index (χ3n) is 4.72. The van der Waals surface area contributed by atoms with Crippen molar-refractivity contribution in [1.29, 1.82) is 0 Å². The average Bonchev–Trinajstić information content (AvgIpc) is 3.23. The molecule has 1 aliphatic rings. The lowest BCUT2D eigenvalue weighted by molar-refractivity contribution is 0.286. The molecule has 0 amide bonds. The Balaban J connectivity index is 0.00000131. The van der Waals surface area contributed by atoms with Crippen molar-refractivity contribution in [3.05, 3.63) is 78.1 Å². The van der Waals surface area contributed by atoms with Gasteiger partial charge in [0.2, 0.25) is 5.89 Å². The predicted octanol–water partition coefficient (Wildman–Crippen LogP) is 4.25. The van der Waals surface area contributed by atoms with E-state index in [-0.39, 0.29) is 36.7 Å². The van der Waals surface area contributed by atoms with Crippen molar-refractivity contribution < 1.29 is 8.81 Å². The van der Waals surface area contributed by atoms with Gasteiger partial charge in [-0.1, -0.05) is 42.5 Å². The molecule has 0 spiro atoms. The van der Waals surface area contributed by atoms with Crippen LogP contribution in [0.25, 0.3) is 11.3 Å². The molecule has 27 heavy (non-hydrogen) atoms. The molecule has 0 unspecified atom stereocenters. The van der Waals surface area contributed by atoms with Gasteiger partial charge in [-0.3, -0.25) is 4.90 Å². The van der Waals surface area contributed by atoms with Crippen LogP contribution in [0.15, 0.2) is 65.2 Å². The third kappa shape index (κ3) is 4.68. The first kappa shape index (κ1) is 21.4. The number of nitrogens with two attached hydrogens (primary N) is 1. The summed E-state index contributed by atoms with van der Waals surface area (Å²) < 4.78 is 19.6. The van der Waals surface area contributed by atoms with Crippen molar-refractivity contribution in [1.82, 2.24) is 9.88 Å². The zero-order valence-electron chi connectivity index (χ0n) is 14.6. The van der Waals surface area contributed by atoms with Crippen LogP contribution in [-0.4, -0.2) is 29.0 Å². The fraction of sp³-hybridized carbons (Fsp3) is 0.250. The van der Waals surface area contributed by atoms with Crippen LogP contribution in [0.4, 0.5) is 4.39 Å². The van der Waals surface area contributed by atoms with Crippen LogP contribution in [0.2, 0.25) is 0 Å². The summed E-state index contributed by atoms with van der Waals surface area (Å²) in [5, 5.41) is 0. The topological polar surface area (TPSA) is 55.3 Å². The lowest BCUT2D eigenvalue weighted by Crippen LogP contribution is -2.28. The van der Waals surface area contributed by atoms with Crippen LogP contribution in [0, 0.1) is 5.82 Å². The van der Waals surface area contributed by atoms with Gasteiger partial charge in [-0.15, -0.1) is 24.8 Å². The molecule has 2 aromatic carbocycles. The van der Waals surface area contributed by atoms with Crippen molar-refractivity contribution in [2.75, 3.05) is 13.1 Å². The van der Waals surface area contributed by atoms with E-state index in [1.165, 1.54) is 11.6 Å². The standard InChI is InChI=1S/C20H20FN3O.2ClH/c21-17-9-5-4-8-15(17)19-10-23-20(25-19)13-24-11-16(18(22)12-24)14-6-2-1-3-7-14;;/h1-10,16,18H,11-13,22H2;2*1H/t16-,18+;;/m0../s1. The number of likely N-dealkylation sites (tertiary alicyclic amines) is 1. The van der Waals surface area contributed by atoms with Crippen molar-refractivity contribution in [3.8, 4) is 11.3 Å². The molecule has 2 N–H and O–H groups in total. The summed E-state index contributed by atoms with van der Waals surface area (Å²) in [6, 6.07) is 17.0. The molecule has 144 valence electrons. The highest BCUT2D eigenvalue weighted by Gasteiger charge is 2.31. The monoisotopic (exact) mass is 409 g/mol. The van der Waals surface area contributed by atoms with E-state index in [1.54, 1.807) is 24.4 Å². The fourth-order valence-electron chi connectivity index (χ4n) is 3.46. The third-order valence-corrected chi connectivity index (χ3v) is 4.72. The maximum atomic E-state index is 13.9. The first-order valence-corrected chi connectivity index (χ1v) is 8.43. The molecule has 1 saturated heterocycles. The van der Waals surface area contributed by atoms with Crippen molar-refractivity contribution in [3.63, 3.8) is 0 Å². The SMILES string of the molecule is Cl.Cl.N[C@@H]1CN(Cc2ncc(-c3ccccc3F)o2)C[C@H]1c1ccccc1. The Labute approximate surface area is 170 Å². The summed E-state index contributed by atoms with van der Waals surface area (Å²) >= 11 is 0. The Morgan fingerprint density at radius 2 is 1.74 bits per heavy atom. The Bertz CT molecular complexity index is 859. The van der Waals surface area contributed by atoms with E-state index in [4.69, 9.17) is 10.2 Å². The van der Waals surface area contributed by atoms with Gasteiger partial charge in [0, 0.05) is 25.0 Å². The number of halogens is 3. The number of hydrogen-bond donors (Lipinski definition) is 1. The molecule has 7 heteroatoms. The lowest BCUT2D eigenvalue weighted by atomic mass is 9.95. The summed E-state index contributed by atoms with van der Waals surface area (Å²) in [5.74, 6) is 1.04. The normalized spacial score (nSPS) is 19.3. The zero-order valence-corrected chi connectivity index (χ0v) is 16.3.